The van der Waals surface area contributed by atoms with Gasteiger partial charge in [0.15, 0.2) is 0 Å². The second kappa shape index (κ2) is 7.20. The van der Waals surface area contributed by atoms with Crippen LogP contribution in [-0.4, -0.2) is 35.5 Å². The fourth-order valence-corrected chi connectivity index (χ4v) is 3.19. The summed E-state index contributed by atoms with van der Waals surface area (Å²) in [6, 6.07) is 5.17. The van der Waals surface area contributed by atoms with Crippen LogP contribution in [0.4, 0.5) is 0 Å². The fraction of sp³-hybridized carbons (Fsp3) is 0.667. The van der Waals surface area contributed by atoms with Gasteiger partial charge < -0.3 is 11.1 Å². The first-order chi connectivity index (χ1) is 9.60. The fourth-order valence-electron chi connectivity index (χ4n) is 2.48. The molecule has 0 aliphatic heterocycles. The molecule has 1 amide bonds. The van der Waals surface area contributed by atoms with Gasteiger partial charge in [-0.3, -0.25) is 9.69 Å². The zero-order valence-electron chi connectivity index (χ0n) is 12.3. The highest BCUT2D eigenvalue weighted by molar-refractivity contribution is 7.09. The third-order valence-corrected chi connectivity index (χ3v) is 4.41. The predicted molar refractivity (Wildman–Crippen MR) is 83.6 cm³/mol. The van der Waals surface area contributed by atoms with Crippen molar-refractivity contribution in [1.82, 2.24) is 10.2 Å². The van der Waals surface area contributed by atoms with Crippen LogP contribution in [0.25, 0.3) is 0 Å². The van der Waals surface area contributed by atoms with Crippen LogP contribution in [0.3, 0.4) is 0 Å². The summed E-state index contributed by atoms with van der Waals surface area (Å²) in [4.78, 5) is 15.8. The van der Waals surface area contributed by atoms with Gasteiger partial charge in [0.1, 0.15) is 0 Å². The minimum absolute atomic E-state index is 0.104. The van der Waals surface area contributed by atoms with Crippen molar-refractivity contribution < 1.29 is 4.79 Å². The van der Waals surface area contributed by atoms with Gasteiger partial charge in [-0.1, -0.05) is 6.07 Å². The first kappa shape index (κ1) is 15.5. The van der Waals surface area contributed by atoms with Gasteiger partial charge in [-0.15, -0.1) is 11.3 Å². The largest absolute Gasteiger partial charge is 0.354 e. The number of nitrogens with two attached hydrogens (primary N) is 1. The van der Waals surface area contributed by atoms with Crippen molar-refractivity contribution in [2.75, 3.05) is 6.54 Å². The number of hydrogen-bond acceptors (Lipinski definition) is 4. The van der Waals surface area contributed by atoms with Crippen LogP contribution in [0.2, 0.25) is 0 Å². The number of nitrogens with one attached hydrogen (secondary N) is 1. The second-order valence-electron chi connectivity index (χ2n) is 5.80. The Morgan fingerprint density at radius 2 is 2.30 bits per heavy atom. The van der Waals surface area contributed by atoms with Crippen molar-refractivity contribution in [3.05, 3.63) is 22.4 Å². The Bertz CT molecular complexity index is 415. The van der Waals surface area contributed by atoms with E-state index in [1.807, 2.05) is 13.8 Å². The van der Waals surface area contributed by atoms with E-state index in [-0.39, 0.29) is 18.0 Å². The molecule has 112 valence electrons. The molecule has 1 unspecified atom stereocenters. The van der Waals surface area contributed by atoms with Gasteiger partial charge in [0, 0.05) is 42.5 Å². The van der Waals surface area contributed by atoms with E-state index >= 15 is 0 Å². The van der Waals surface area contributed by atoms with Crippen molar-refractivity contribution in [2.24, 2.45) is 5.73 Å². The quantitative estimate of drug-likeness (QED) is 0.771. The van der Waals surface area contributed by atoms with Gasteiger partial charge in [0.2, 0.25) is 5.91 Å². The molecular weight excluding hydrogens is 270 g/mol. The number of hydrogen-bond donors (Lipinski definition) is 2. The molecule has 0 aromatic carbocycles. The van der Waals surface area contributed by atoms with E-state index in [0.717, 1.165) is 6.54 Å². The van der Waals surface area contributed by atoms with E-state index in [0.29, 0.717) is 19.0 Å². The standard InChI is InChI=1S/C15H25N3OS/c1-11(2)17-15(19)8-13(9-16)18(12-5-6-12)10-14-4-3-7-20-14/h3-4,7,11-13H,5-6,8-10,16H2,1-2H3,(H,17,19). The number of carbonyl (C=O) groups is 1. The summed E-state index contributed by atoms with van der Waals surface area (Å²) >= 11 is 1.77. The van der Waals surface area contributed by atoms with Crippen LogP contribution < -0.4 is 11.1 Å². The number of nitrogens with zero attached hydrogens (tertiary/aromatic N) is 1. The number of amides is 1. The molecule has 1 saturated carbocycles. The SMILES string of the molecule is CC(C)NC(=O)CC(CN)N(Cc1cccs1)C1CC1. The lowest BCUT2D eigenvalue weighted by molar-refractivity contribution is -0.122. The van der Waals surface area contributed by atoms with Crippen molar-refractivity contribution >= 4 is 17.2 Å². The first-order valence-corrected chi connectivity index (χ1v) is 8.25. The highest BCUT2D eigenvalue weighted by Gasteiger charge is 2.34. The zero-order chi connectivity index (χ0) is 14.5. The molecule has 0 saturated heterocycles. The summed E-state index contributed by atoms with van der Waals surface area (Å²) in [5.74, 6) is 0.104. The molecule has 0 spiro atoms. The molecule has 0 radical (unpaired) electrons. The zero-order valence-corrected chi connectivity index (χ0v) is 13.2. The average Bonchev–Trinajstić information content (AvgIpc) is 3.10. The van der Waals surface area contributed by atoms with E-state index in [9.17, 15) is 4.79 Å². The van der Waals surface area contributed by atoms with Gasteiger partial charge in [0.05, 0.1) is 0 Å². The molecule has 1 aliphatic rings. The van der Waals surface area contributed by atoms with Crippen molar-refractivity contribution in [2.45, 2.75) is 57.8 Å². The van der Waals surface area contributed by atoms with Crippen molar-refractivity contribution in [1.29, 1.82) is 0 Å². The van der Waals surface area contributed by atoms with Gasteiger partial charge in [-0.2, -0.15) is 0 Å². The maximum absolute atomic E-state index is 12.0. The van der Waals surface area contributed by atoms with Crippen LogP contribution >= 0.6 is 11.3 Å². The van der Waals surface area contributed by atoms with Gasteiger partial charge >= 0.3 is 0 Å². The third kappa shape index (κ3) is 4.58. The molecule has 1 atom stereocenters. The van der Waals surface area contributed by atoms with E-state index in [1.54, 1.807) is 11.3 Å². The lowest BCUT2D eigenvalue weighted by Gasteiger charge is -2.30. The van der Waals surface area contributed by atoms with E-state index in [1.165, 1.54) is 17.7 Å². The molecule has 1 fully saturated rings. The second-order valence-corrected chi connectivity index (χ2v) is 6.83. The van der Waals surface area contributed by atoms with Crippen LogP contribution in [0, 0.1) is 0 Å². The predicted octanol–water partition coefficient (Wildman–Crippen LogP) is 1.95. The maximum Gasteiger partial charge on any atom is 0.221 e. The molecule has 1 aromatic heterocycles. The summed E-state index contributed by atoms with van der Waals surface area (Å²) in [6.45, 7) is 5.42. The average molecular weight is 295 g/mol. The van der Waals surface area contributed by atoms with E-state index in [4.69, 9.17) is 5.73 Å². The molecule has 0 bridgehead atoms. The van der Waals surface area contributed by atoms with Crippen molar-refractivity contribution in [3.63, 3.8) is 0 Å². The Morgan fingerprint density at radius 1 is 1.55 bits per heavy atom. The van der Waals surface area contributed by atoms with Crippen LogP contribution in [0.1, 0.15) is 38.0 Å². The third-order valence-electron chi connectivity index (χ3n) is 3.55. The molecular formula is C15H25N3OS. The van der Waals surface area contributed by atoms with E-state index in [2.05, 4.69) is 27.7 Å². The smallest absolute Gasteiger partial charge is 0.221 e. The van der Waals surface area contributed by atoms with Crippen molar-refractivity contribution in [3.8, 4) is 0 Å². The Balaban J connectivity index is 1.96. The van der Waals surface area contributed by atoms with Crippen LogP contribution in [0.15, 0.2) is 17.5 Å². The topological polar surface area (TPSA) is 58.4 Å². The summed E-state index contributed by atoms with van der Waals surface area (Å²) < 4.78 is 0. The van der Waals surface area contributed by atoms with Gasteiger partial charge in [-0.05, 0) is 38.1 Å². The molecule has 1 aliphatic carbocycles. The molecule has 2 rings (SSSR count). The minimum Gasteiger partial charge on any atom is -0.354 e. The van der Waals surface area contributed by atoms with Gasteiger partial charge in [0.25, 0.3) is 0 Å². The summed E-state index contributed by atoms with van der Waals surface area (Å²) in [5, 5.41) is 5.06. The van der Waals surface area contributed by atoms with Crippen LogP contribution in [0.5, 0.6) is 0 Å². The Labute approximate surface area is 125 Å². The molecule has 3 N–H and O–H groups in total. The Hall–Kier alpha value is -0.910. The molecule has 4 nitrogen and oxygen atoms in total. The highest BCUT2D eigenvalue weighted by atomic mass is 32.1. The lowest BCUT2D eigenvalue weighted by Crippen LogP contribution is -2.45. The normalized spacial score (nSPS) is 16.6. The van der Waals surface area contributed by atoms with Gasteiger partial charge in [-0.25, -0.2) is 0 Å². The van der Waals surface area contributed by atoms with E-state index < -0.39 is 0 Å². The summed E-state index contributed by atoms with van der Waals surface area (Å²) in [5.41, 5.74) is 5.93. The number of rotatable bonds is 8. The molecule has 5 heteroatoms. The highest BCUT2D eigenvalue weighted by Crippen LogP contribution is 2.31. The Morgan fingerprint density at radius 3 is 2.80 bits per heavy atom. The molecule has 1 aromatic rings. The molecule has 1 heterocycles. The lowest BCUT2D eigenvalue weighted by atomic mass is 10.1. The first-order valence-electron chi connectivity index (χ1n) is 7.37. The summed E-state index contributed by atoms with van der Waals surface area (Å²) in [6.07, 6.45) is 2.96. The monoisotopic (exact) mass is 295 g/mol. The Kier molecular flexibility index (Phi) is 5.57. The number of thiophene rings is 1. The molecule has 20 heavy (non-hydrogen) atoms. The summed E-state index contributed by atoms with van der Waals surface area (Å²) in [7, 11) is 0. The number of carbonyl (C=O) groups excluding carboxylic acids is 1. The minimum atomic E-state index is 0.104. The maximum atomic E-state index is 12.0. The van der Waals surface area contributed by atoms with Crippen LogP contribution in [-0.2, 0) is 11.3 Å².